The average Bonchev–Trinajstić information content (AvgIpc) is 3.05. The largest absolute Gasteiger partial charge is 0.417 e. The van der Waals surface area contributed by atoms with Gasteiger partial charge in [-0.05, 0) is 30.3 Å². The molecule has 1 heterocycles. The summed E-state index contributed by atoms with van der Waals surface area (Å²) in [6, 6.07) is 10.9. The third kappa shape index (κ3) is 3.90. The molecular formula is C16H10Cl2FN3O2. The van der Waals surface area contributed by atoms with E-state index in [-0.39, 0.29) is 24.2 Å². The van der Waals surface area contributed by atoms with Gasteiger partial charge in [0.1, 0.15) is 5.82 Å². The molecule has 3 rings (SSSR count). The number of hydrogen-bond acceptors (Lipinski definition) is 5. The van der Waals surface area contributed by atoms with E-state index in [9.17, 15) is 4.39 Å². The molecule has 0 atom stereocenters. The summed E-state index contributed by atoms with van der Waals surface area (Å²) in [7, 11) is 0. The van der Waals surface area contributed by atoms with Gasteiger partial charge in [-0.15, -0.1) is 10.2 Å². The van der Waals surface area contributed by atoms with Crippen LogP contribution in [-0.2, 0) is 11.4 Å². The Morgan fingerprint density at radius 1 is 1.12 bits per heavy atom. The molecule has 0 radical (unpaired) electrons. The van der Waals surface area contributed by atoms with Gasteiger partial charge in [0.05, 0.1) is 16.3 Å². The normalized spacial score (nSPS) is 11.1. The van der Waals surface area contributed by atoms with Crippen LogP contribution in [0.3, 0.4) is 0 Å². The fraction of sp³-hybridized carbons (Fsp3) is 0.0625. The first kappa shape index (κ1) is 16.4. The van der Waals surface area contributed by atoms with E-state index in [1.807, 2.05) is 0 Å². The van der Waals surface area contributed by atoms with Crippen LogP contribution in [0.1, 0.15) is 11.5 Å². The molecule has 8 heteroatoms. The van der Waals surface area contributed by atoms with Crippen molar-refractivity contribution in [3.05, 3.63) is 69.8 Å². The molecule has 0 saturated carbocycles. The number of oxime groups is 1. The van der Waals surface area contributed by atoms with Crippen molar-refractivity contribution in [2.45, 2.75) is 6.61 Å². The molecule has 5 nitrogen and oxygen atoms in total. The van der Waals surface area contributed by atoms with E-state index in [2.05, 4.69) is 15.4 Å². The maximum Gasteiger partial charge on any atom is 0.257 e. The average molecular weight is 366 g/mol. The Bertz CT molecular complexity index is 866. The van der Waals surface area contributed by atoms with Gasteiger partial charge in [-0.1, -0.05) is 40.5 Å². The van der Waals surface area contributed by atoms with Crippen molar-refractivity contribution >= 4 is 29.4 Å². The van der Waals surface area contributed by atoms with E-state index in [1.54, 1.807) is 30.3 Å². The molecule has 2 aromatic carbocycles. The molecule has 0 aliphatic rings. The van der Waals surface area contributed by atoms with E-state index >= 15 is 0 Å². The number of halogens is 3. The minimum Gasteiger partial charge on any atom is -0.417 e. The molecule has 0 bridgehead atoms. The summed E-state index contributed by atoms with van der Waals surface area (Å²) in [4.78, 5) is 5.10. The number of rotatable bonds is 5. The minimum atomic E-state index is -0.337. The van der Waals surface area contributed by atoms with Crippen LogP contribution in [-0.4, -0.2) is 16.4 Å². The fourth-order valence-corrected chi connectivity index (χ4v) is 2.18. The van der Waals surface area contributed by atoms with Crippen LogP contribution < -0.4 is 0 Å². The second-order valence-electron chi connectivity index (χ2n) is 4.66. The van der Waals surface area contributed by atoms with E-state index in [4.69, 9.17) is 32.5 Å². The maximum absolute atomic E-state index is 12.9. The van der Waals surface area contributed by atoms with Crippen LogP contribution in [0.5, 0.6) is 0 Å². The van der Waals surface area contributed by atoms with Crippen molar-refractivity contribution in [3.8, 4) is 11.5 Å². The van der Waals surface area contributed by atoms with Gasteiger partial charge in [0.15, 0.2) is 6.61 Å². The summed E-state index contributed by atoms with van der Waals surface area (Å²) in [5, 5.41) is 12.3. The summed E-state index contributed by atoms with van der Waals surface area (Å²) in [5.41, 5.74) is 1.24. The number of hydrogen-bond donors (Lipinski definition) is 0. The molecule has 1 aromatic heterocycles. The monoisotopic (exact) mass is 365 g/mol. The van der Waals surface area contributed by atoms with Crippen molar-refractivity contribution in [2.24, 2.45) is 5.16 Å². The second kappa shape index (κ2) is 7.42. The van der Waals surface area contributed by atoms with Crippen LogP contribution in [0.15, 0.2) is 52.0 Å². The quantitative estimate of drug-likeness (QED) is 0.484. The molecule has 0 aliphatic heterocycles. The highest BCUT2D eigenvalue weighted by molar-refractivity contribution is 6.43. The number of benzene rings is 2. The molecule has 3 aromatic rings. The Balaban J connectivity index is 1.60. The van der Waals surface area contributed by atoms with Crippen LogP contribution >= 0.6 is 23.2 Å². The fourth-order valence-electron chi connectivity index (χ4n) is 1.83. The Morgan fingerprint density at radius 3 is 2.71 bits per heavy atom. The van der Waals surface area contributed by atoms with Gasteiger partial charge in [0, 0.05) is 11.1 Å². The lowest BCUT2D eigenvalue weighted by atomic mass is 10.2. The molecule has 0 fully saturated rings. The summed E-state index contributed by atoms with van der Waals surface area (Å²) < 4.78 is 18.3. The van der Waals surface area contributed by atoms with Crippen molar-refractivity contribution in [3.63, 3.8) is 0 Å². The van der Waals surface area contributed by atoms with Gasteiger partial charge < -0.3 is 9.25 Å². The van der Waals surface area contributed by atoms with Gasteiger partial charge >= 0.3 is 0 Å². The predicted octanol–water partition coefficient (Wildman–Crippen LogP) is 4.73. The van der Waals surface area contributed by atoms with E-state index in [0.29, 0.717) is 21.2 Å². The Hall–Kier alpha value is -2.44. The first-order valence-electron chi connectivity index (χ1n) is 6.81. The maximum atomic E-state index is 12.9. The van der Waals surface area contributed by atoms with Crippen molar-refractivity contribution in [1.82, 2.24) is 10.2 Å². The highest BCUT2D eigenvalue weighted by Crippen LogP contribution is 2.24. The zero-order valence-corrected chi connectivity index (χ0v) is 13.6. The van der Waals surface area contributed by atoms with E-state index in [1.165, 1.54) is 18.3 Å². The van der Waals surface area contributed by atoms with Crippen LogP contribution in [0, 0.1) is 5.82 Å². The smallest absolute Gasteiger partial charge is 0.257 e. The van der Waals surface area contributed by atoms with Crippen molar-refractivity contribution in [2.75, 3.05) is 0 Å². The Morgan fingerprint density at radius 2 is 1.92 bits per heavy atom. The lowest BCUT2D eigenvalue weighted by Crippen LogP contribution is -1.89. The topological polar surface area (TPSA) is 60.5 Å². The SMILES string of the molecule is Fc1ccc(-c2nnc(CO/N=C\c3cccc(Cl)c3Cl)o2)cc1. The molecule has 24 heavy (non-hydrogen) atoms. The summed E-state index contributed by atoms with van der Waals surface area (Å²) >= 11 is 11.9. The van der Waals surface area contributed by atoms with Gasteiger partial charge in [-0.25, -0.2) is 4.39 Å². The van der Waals surface area contributed by atoms with Crippen LogP contribution in [0.4, 0.5) is 4.39 Å². The molecule has 0 spiro atoms. The molecular weight excluding hydrogens is 356 g/mol. The Kier molecular flexibility index (Phi) is 5.08. The first-order valence-corrected chi connectivity index (χ1v) is 7.57. The summed E-state index contributed by atoms with van der Waals surface area (Å²) in [6.07, 6.45) is 1.44. The lowest BCUT2D eigenvalue weighted by Gasteiger charge is -1.99. The predicted molar refractivity (Wildman–Crippen MR) is 88.5 cm³/mol. The number of aromatic nitrogens is 2. The lowest BCUT2D eigenvalue weighted by molar-refractivity contribution is 0.112. The van der Waals surface area contributed by atoms with Gasteiger partial charge in [0.2, 0.25) is 5.89 Å². The third-order valence-electron chi connectivity index (χ3n) is 2.99. The van der Waals surface area contributed by atoms with Crippen LogP contribution in [0.25, 0.3) is 11.5 Å². The second-order valence-corrected chi connectivity index (χ2v) is 5.44. The molecule has 122 valence electrons. The molecule has 0 saturated heterocycles. The van der Waals surface area contributed by atoms with E-state index in [0.717, 1.165) is 0 Å². The summed E-state index contributed by atoms with van der Waals surface area (Å²) in [6.45, 7) is -0.0110. The van der Waals surface area contributed by atoms with Gasteiger partial charge in [0.25, 0.3) is 5.89 Å². The molecule has 0 amide bonds. The van der Waals surface area contributed by atoms with E-state index < -0.39 is 0 Å². The standard InChI is InChI=1S/C16H10Cl2FN3O2/c17-13-3-1-2-11(15(13)18)8-20-23-9-14-21-22-16(24-14)10-4-6-12(19)7-5-10/h1-8H,9H2/b20-8-. The van der Waals surface area contributed by atoms with Gasteiger partial charge in [-0.3, -0.25) is 0 Å². The highest BCUT2D eigenvalue weighted by Gasteiger charge is 2.09. The molecule has 0 aliphatic carbocycles. The van der Waals surface area contributed by atoms with Crippen LogP contribution in [0.2, 0.25) is 10.0 Å². The third-order valence-corrected chi connectivity index (χ3v) is 3.83. The van der Waals surface area contributed by atoms with Crippen molar-refractivity contribution in [1.29, 1.82) is 0 Å². The summed E-state index contributed by atoms with van der Waals surface area (Å²) in [5.74, 6) is 0.176. The van der Waals surface area contributed by atoms with Gasteiger partial charge in [-0.2, -0.15) is 0 Å². The zero-order valence-electron chi connectivity index (χ0n) is 12.1. The zero-order chi connectivity index (χ0) is 16.9. The Labute approximate surface area is 146 Å². The minimum absolute atomic E-state index is 0.0110. The number of nitrogens with zero attached hydrogens (tertiary/aromatic N) is 3. The molecule has 0 N–H and O–H groups in total. The highest BCUT2D eigenvalue weighted by atomic mass is 35.5. The first-order chi connectivity index (χ1) is 11.6. The molecule has 0 unspecified atom stereocenters. The van der Waals surface area contributed by atoms with Crippen molar-refractivity contribution < 1.29 is 13.6 Å².